The molecule has 6 nitrogen and oxygen atoms in total. The molecule has 1 aliphatic rings. The second-order valence-electron chi connectivity index (χ2n) is 8.21. The smallest absolute Gasteiger partial charge is 0.336 e. The molecule has 28 heavy (non-hydrogen) atoms. The van der Waals surface area contributed by atoms with Crippen molar-refractivity contribution in [3.8, 4) is 11.3 Å². The summed E-state index contributed by atoms with van der Waals surface area (Å²) in [5.41, 5.74) is 0.883. The number of nitrogens with zero attached hydrogens (tertiary/aromatic N) is 3. The highest BCUT2D eigenvalue weighted by atomic mass is 19.1. The van der Waals surface area contributed by atoms with Crippen molar-refractivity contribution in [2.45, 2.75) is 40.0 Å². The van der Waals surface area contributed by atoms with Crippen LogP contribution < -0.4 is 0 Å². The van der Waals surface area contributed by atoms with E-state index in [1.807, 2.05) is 25.7 Å². The standard InChI is InChI=1S/C21H24FN3O3/c1-12-23-17(13-7-8-25(11-13)20(28)21(2,3)4)10-18(24-12)16-9-14(22)5-6-15(16)19(26)27/h5-6,9-10,13H,7-8,11H2,1-4H3,(H,26,27). The molecule has 0 bridgehead atoms. The van der Waals surface area contributed by atoms with Gasteiger partial charge in [0.2, 0.25) is 5.91 Å². The number of halogens is 1. The maximum Gasteiger partial charge on any atom is 0.336 e. The van der Waals surface area contributed by atoms with Crippen LogP contribution in [0.3, 0.4) is 0 Å². The van der Waals surface area contributed by atoms with E-state index in [-0.39, 0.29) is 23.0 Å². The number of carboxylic acid groups (broad SMARTS) is 1. The number of aromatic nitrogens is 2. The number of hydrogen-bond donors (Lipinski definition) is 1. The van der Waals surface area contributed by atoms with Gasteiger partial charge >= 0.3 is 5.97 Å². The summed E-state index contributed by atoms with van der Waals surface area (Å²) < 4.78 is 13.8. The van der Waals surface area contributed by atoms with Gasteiger partial charge in [-0.3, -0.25) is 4.79 Å². The summed E-state index contributed by atoms with van der Waals surface area (Å²) in [5.74, 6) is -1.06. The molecule has 1 aromatic carbocycles. The van der Waals surface area contributed by atoms with Gasteiger partial charge in [0.05, 0.1) is 11.3 Å². The van der Waals surface area contributed by atoms with Crippen LogP contribution in [0, 0.1) is 18.2 Å². The fourth-order valence-corrected chi connectivity index (χ4v) is 3.51. The molecular weight excluding hydrogens is 361 g/mol. The first kappa shape index (κ1) is 19.9. The van der Waals surface area contributed by atoms with Gasteiger partial charge in [-0.1, -0.05) is 20.8 Å². The van der Waals surface area contributed by atoms with Gasteiger partial charge in [-0.25, -0.2) is 19.2 Å². The molecule has 1 amide bonds. The number of carboxylic acids is 1. The topological polar surface area (TPSA) is 83.4 Å². The molecule has 0 saturated carbocycles. The number of likely N-dealkylation sites (tertiary alicyclic amines) is 1. The van der Waals surface area contributed by atoms with Gasteiger partial charge < -0.3 is 10.0 Å². The largest absolute Gasteiger partial charge is 0.478 e. The van der Waals surface area contributed by atoms with E-state index in [0.29, 0.717) is 24.6 Å². The minimum atomic E-state index is -1.14. The molecule has 0 aliphatic carbocycles. The first-order valence-corrected chi connectivity index (χ1v) is 9.24. The van der Waals surface area contributed by atoms with Crippen molar-refractivity contribution in [1.82, 2.24) is 14.9 Å². The Balaban J connectivity index is 1.95. The van der Waals surface area contributed by atoms with Gasteiger partial charge in [-0.2, -0.15) is 0 Å². The minimum absolute atomic E-state index is 0.0126. The van der Waals surface area contributed by atoms with Crippen LogP contribution in [0.15, 0.2) is 24.3 Å². The molecule has 7 heteroatoms. The third-order valence-corrected chi connectivity index (χ3v) is 4.88. The SMILES string of the molecule is Cc1nc(-c2cc(F)ccc2C(=O)O)cc(C2CCN(C(=O)C(C)(C)C)C2)n1. The summed E-state index contributed by atoms with van der Waals surface area (Å²) in [5, 5.41) is 9.43. The normalized spacial score (nSPS) is 17.0. The first-order valence-electron chi connectivity index (χ1n) is 9.24. The summed E-state index contributed by atoms with van der Waals surface area (Å²) >= 11 is 0. The predicted octanol–water partition coefficient (Wildman–Crippen LogP) is 3.65. The van der Waals surface area contributed by atoms with E-state index in [1.165, 1.54) is 12.1 Å². The molecule has 2 aromatic rings. The number of aromatic carboxylic acids is 1. The highest BCUT2D eigenvalue weighted by Crippen LogP contribution is 2.32. The van der Waals surface area contributed by atoms with E-state index in [4.69, 9.17) is 0 Å². The summed E-state index contributed by atoms with van der Waals surface area (Å²) in [4.78, 5) is 34.8. The zero-order valence-corrected chi connectivity index (χ0v) is 16.5. The van der Waals surface area contributed by atoms with E-state index >= 15 is 0 Å². The number of carbonyl (C=O) groups excluding carboxylic acids is 1. The quantitative estimate of drug-likeness (QED) is 0.872. The highest BCUT2D eigenvalue weighted by Gasteiger charge is 2.34. The lowest BCUT2D eigenvalue weighted by molar-refractivity contribution is -0.138. The Morgan fingerprint density at radius 1 is 1.21 bits per heavy atom. The monoisotopic (exact) mass is 385 g/mol. The lowest BCUT2D eigenvalue weighted by Gasteiger charge is -2.25. The van der Waals surface area contributed by atoms with Crippen LogP contribution in [0.5, 0.6) is 0 Å². The number of carbonyl (C=O) groups is 2. The zero-order chi connectivity index (χ0) is 20.6. The van der Waals surface area contributed by atoms with Gasteiger partial charge in [-0.05, 0) is 37.6 Å². The minimum Gasteiger partial charge on any atom is -0.478 e. The number of amides is 1. The number of rotatable bonds is 3. The molecule has 0 spiro atoms. The Morgan fingerprint density at radius 3 is 2.57 bits per heavy atom. The van der Waals surface area contributed by atoms with Crippen molar-refractivity contribution in [2.24, 2.45) is 5.41 Å². The van der Waals surface area contributed by atoms with E-state index in [1.54, 1.807) is 13.0 Å². The average Bonchev–Trinajstić information content (AvgIpc) is 3.09. The maximum absolute atomic E-state index is 13.8. The summed E-state index contributed by atoms with van der Waals surface area (Å²) in [7, 11) is 0. The van der Waals surface area contributed by atoms with Crippen molar-refractivity contribution in [1.29, 1.82) is 0 Å². The van der Waals surface area contributed by atoms with Gasteiger partial charge in [-0.15, -0.1) is 0 Å². The maximum atomic E-state index is 13.8. The summed E-state index contributed by atoms with van der Waals surface area (Å²) in [6.07, 6.45) is 0.770. The third kappa shape index (κ3) is 4.03. The fourth-order valence-electron chi connectivity index (χ4n) is 3.51. The van der Waals surface area contributed by atoms with Crippen LogP contribution in [0.25, 0.3) is 11.3 Å². The van der Waals surface area contributed by atoms with Gasteiger partial charge in [0.25, 0.3) is 0 Å². The molecule has 1 atom stereocenters. The molecular formula is C21H24FN3O3. The van der Waals surface area contributed by atoms with E-state index < -0.39 is 17.2 Å². The van der Waals surface area contributed by atoms with Crippen LogP contribution in [-0.2, 0) is 4.79 Å². The molecule has 1 fully saturated rings. The van der Waals surface area contributed by atoms with Gasteiger partial charge in [0, 0.05) is 35.7 Å². The molecule has 1 saturated heterocycles. The van der Waals surface area contributed by atoms with Crippen molar-refractivity contribution in [2.75, 3.05) is 13.1 Å². The van der Waals surface area contributed by atoms with Crippen LogP contribution in [-0.4, -0.2) is 44.9 Å². The molecule has 1 aliphatic heterocycles. The van der Waals surface area contributed by atoms with Crippen LogP contribution in [0.1, 0.15) is 55.0 Å². The summed E-state index contributed by atoms with van der Waals surface area (Å²) in [6, 6.07) is 5.25. The third-order valence-electron chi connectivity index (χ3n) is 4.88. The fraction of sp³-hybridized carbons (Fsp3) is 0.429. The van der Waals surface area contributed by atoms with E-state index in [2.05, 4.69) is 9.97 Å². The Kier molecular flexibility index (Phi) is 5.19. The highest BCUT2D eigenvalue weighted by molar-refractivity contribution is 5.95. The van der Waals surface area contributed by atoms with Crippen LogP contribution in [0.4, 0.5) is 4.39 Å². The zero-order valence-electron chi connectivity index (χ0n) is 16.5. The van der Waals surface area contributed by atoms with Crippen LogP contribution in [0.2, 0.25) is 0 Å². The molecule has 1 unspecified atom stereocenters. The van der Waals surface area contributed by atoms with E-state index in [0.717, 1.165) is 18.2 Å². The number of benzene rings is 1. The first-order chi connectivity index (χ1) is 13.1. The Hall–Kier alpha value is -2.83. The Labute approximate surface area is 163 Å². The van der Waals surface area contributed by atoms with E-state index in [9.17, 15) is 19.1 Å². The lowest BCUT2D eigenvalue weighted by Crippen LogP contribution is -2.37. The van der Waals surface area contributed by atoms with Crippen molar-refractivity contribution in [3.63, 3.8) is 0 Å². The molecule has 1 aromatic heterocycles. The molecule has 1 N–H and O–H groups in total. The number of aryl methyl sites for hydroxylation is 1. The molecule has 2 heterocycles. The van der Waals surface area contributed by atoms with Crippen LogP contribution >= 0.6 is 0 Å². The van der Waals surface area contributed by atoms with Crippen molar-refractivity contribution >= 4 is 11.9 Å². The average molecular weight is 385 g/mol. The van der Waals surface area contributed by atoms with Crippen molar-refractivity contribution in [3.05, 3.63) is 47.2 Å². The molecule has 0 radical (unpaired) electrons. The second-order valence-corrected chi connectivity index (χ2v) is 8.21. The van der Waals surface area contributed by atoms with Crippen molar-refractivity contribution < 1.29 is 19.1 Å². The Morgan fingerprint density at radius 2 is 1.93 bits per heavy atom. The van der Waals surface area contributed by atoms with Gasteiger partial charge in [0.15, 0.2) is 0 Å². The lowest BCUT2D eigenvalue weighted by atomic mass is 9.95. The Bertz CT molecular complexity index is 937. The summed E-state index contributed by atoms with van der Waals surface area (Å²) in [6.45, 7) is 8.62. The predicted molar refractivity (Wildman–Crippen MR) is 103 cm³/mol. The van der Waals surface area contributed by atoms with Gasteiger partial charge in [0.1, 0.15) is 11.6 Å². The number of hydrogen-bond acceptors (Lipinski definition) is 4. The molecule has 148 valence electrons. The molecule has 3 rings (SSSR count). The second kappa shape index (κ2) is 7.30.